The molecule has 0 bridgehead atoms. The average Bonchev–Trinajstić information content (AvgIpc) is 2.78. The van der Waals surface area contributed by atoms with Crippen LogP contribution in [0.15, 0.2) is 4.52 Å². The molecule has 0 radical (unpaired) electrons. The SMILES string of the molecule is Cc1noc(C(C)C)c1C(=O)N1CC(CO)OC(C)(C)C1. The minimum absolute atomic E-state index is 0.0906. The standard InChI is InChI=1S/C15H24N2O4/c1-9(2)13-12(10(3)16-21-13)14(19)17-6-11(7-18)20-15(4,5)8-17/h9,11,18H,6-8H2,1-5H3. The molecule has 2 heterocycles. The van der Waals surface area contributed by atoms with Crippen LogP contribution in [0.5, 0.6) is 0 Å². The monoisotopic (exact) mass is 296 g/mol. The van der Waals surface area contributed by atoms with Crippen molar-refractivity contribution >= 4 is 5.91 Å². The number of aliphatic hydroxyl groups is 1. The number of hydrogen-bond donors (Lipinski definition) is 1. The maximum absolute atomic E-state index is 12.8. The number of aryl methyl sites for hydroxylation is 1. The molecule has 1 unspecified atom stereocenters. The molecule has 2 rings (SSSR count). The maximum atomic E-state index is 12.8. The highest BCUT2D eigenvalue weighted by molar-refractivity contribution is 5.96. The van der Waals surface area contributed by atoms with Crippen LogP contribution in [0.25, 0.3) is 0 Å². The molecule has 0 aliphatic carbocycles. The molecule has 6 nitrogen and oxygen atoms in total. The highest BCUT2D eigenvalue weighted by Crippen LogP contribution is 2.27. The molecule has 21 heavy (non-hydrogen) atoms. The molecule has 6 heteroatoms. The minimum atomic E-state index is -0.482. The van der Waals surface area contributed by atoms with E-state index >= 15 is 0 Å². The highest BCUT2D eigenvalue weighted by Gasteiger charge is 2.37. The van der Waals surface area contributed by atoms with Gasteiger partial charge in [-0.3, -0.25) is 4.79 Å². The van der Waals surface area contributed by atoms with Crippen LogP contribution >= 0.6 is 0 Å². The summed E-state index contributed by atoms with van der Waals surface area (Å²) < 4.78 is 11.0. The van der Waals surface area contributed by atoms with E-state index in [2.05, 4.69) is 5.16 Å². The van der Waals surface area contributed by atoms with Crippen molar-refractivity contribution in [1.82, 2.24) is 10.1 Å². The Bertz CT molecular complexity index is 522. The van der Waals surface area contributed by atoms with E-state index in [0.29, 0.717) is 30.1 Å². The number of carbonyl (C=O) groups is 1. The molecule has 1 N–H and O–H groups in total. The van der Waals surface area contributed by atoms with Gasteiger partial charge in [0.2, 0.25) is 0 Å². The first-order valence-corrected chi connectivity index (χ1v) is 7.29. The summed E-state index contributed by atoms with van der Waals surface area (Å²) in [5.41, 5.74) is 0.664. The van der Waals surface area contributed by atoms with Crippen LogP contribution in [-0.2, 0) is 4.74 Å². The first-order valence-electron chi connectivity index (χ1n) is 7.29. The first-order chi connectivity index (χ1) is 9.75. The van der Waals surface area contributed by atoms with Crippen LogP contribution in [0.3, 0.4) is 0 Å². The van der Waals surface area contributed by atoms with Gasteiger partial charge in [-0.25, -0.2) is 0 Å². The van der Waals surface area contributed by atoms with Crippen molar-refractivity contribution in [1.29, 1.82) is 0 Å². The lowest BCUT2D eigenvalue weighted by atomic mass is 10.0. The van der Waals surface area contributed by atoms with Crippen LogP contribution in [0.1, 0.15) is 55.4 Å². The van der Waals surface area contributed by atoms with Gasteiger partial charge in [-0.05, 0) is 20.8 Å². The van der Waals surface area contributed by atoms with E-state index in [9.17, 15) is 9.90 Å². The maximum Gasteiger partial charge on any atom is 0.259 e. The first kappa shape index (κ1) is 16.0. The van der Waals surface area contributed by atoms with Gasteiger partial charge in [0, 0.05) is 19.0 Å². The van der Waals surface area contributed by atoms with E-state index in [1.54, 1.807) is 11.8 Å². The van der Waals surface area contributed by atoms with E-state index in [4.69, 9.17) is 9.26 Å². The van der Waals surface area contributed by atoms with Gasteiger partial charge in [0.15, 0.2) is 5.76 Å². The van der Waals surface area contributed by atoms with Gasteiger partial charge in [0.1, 0.15) is 5.56 Å². The summed E-state index contributed by atoms with van der Waals surface area (Å²) in [6, 6.07) is 0. The van der Waals surface area contributed by atoms with Crippen LogP contribution in [0.2, 0.25) is 0 Å². The molecule has 0 aromatic carbocycles. The molecule has 1 fully saturated rings. The minimum Gasteiger partial charge on any atom is -0.394 e. The number of hydrogen-bond acceptors (Lipinski definition) is 5. The van der Waals surface area contributed by atoms with Gasteiger partial charge in [-0.15, -0.1) is 0 Å². The van der Waals surface area contributed by atoms with Crippen molar-refractivity contribution in [3.63, 3.8) is 0 Å². The summed E-state index contributed by atoms with van der Waals surface area (Å²) in [6.07, 6.45) is -0.361. The third-order valence-electron chi connectivity index (χ3n) is 3.60. The molecule has 1 aromatic rings. The number of carbonyl (C=O) groups excluding carboxylic acids is 1. The fourth-order valence-electron chi connectivity index (χ4n) is 2.75. The second-order valence-corrected chi connectivity index (χ2v) is 6.53. The Morgan fingerprint density at radius 3 is 2.76 bits per heavy atom. The Morgan fingerprint density at radius 2 is 2.19 bits per heavy atom. The topological polar surface area (TPSA) is 75.8 Å². The number of aliphatic hydroxyl groups excluding tert-OH is 1. The van der Waals surface area contributed by atoms with Gasteiger partial charge in [0.25, 0.3) is 5.91 Å². The van der Waals surface area contributed by atoms with E-state index in [0.717, 1.165) is 0 Å². The zero-order valence-electron chi connectivity index (χ0n) is 13.3. The highest BCUT2D eigenvalue weighted by atomic mass is 16.5. The Balaban J connectivity index is 2.29. The molecule has 0 spiro atoms. The molecule has 1 aliphatic heterocycles. The van der Waals surface area contributed by atoms with Crippen molar-refractivity contribution < 1.29 is 19.2 Å². The molecule has 1 aliphatic rings. The third-order valence-corrected chi connectivity index (χ3v) is 3.60. The van der Waals surface area contributed by atoms with Crippen molar-refractivity contribution in [3.8, 4) is 0 Å². The summed E-state index contributed by atoms with van der Waals surface area (Å²) in [5, 5.41) is 13.3. The van der Waals surface area contributed by atoms with Crippen molar-refractivity contribution in [3.05, 3.63) is 17.0 Å². The smallest absolute Gasteiger partial charge is 0.259 e. The van der Waals surface area contributed by atoms with E-state index in [-0.39, 0.29) is 24.5 Å². The number of amides is 1. The van der Waals surface area contributed by atoms with Crippen molar-refractivity contribution in [2.75, 3.05) is 19.7 Å². The zero-order chi connectivity index (χ0) is 15.8. The van der Waals surface area contributed by atoms with Crippen LogP contribution in [-0.4, -0.2) is 52.5 Å². The summed E-state index contributed by atoms with van der Waals surface area (Å²) in [5.74, 6) is 0.600. The van der Waals surface area contributed by atoms with Gasteiger partial charge < -0.3 is 19.3 Å². The van der Waals surface area contributed by atoms with Crippen molar-refractivity contribution in [2.45, 2.75) is 52.2 Å². The van der Waals surface area contributed by atoms with Gasteiger partial charge in [-0.2, -0.15) is 0 Å². The lowest BCUT2D eigenvalue weighted by Gasteiger charge is -2.42. The summed E-state index contributed by atoms with van der Waals surface area (Å²) in [6.45, 7) is 10.3. The number of nitrogens with zero attached hydrogens (tertiary/aromatic N) is 2. The normalized spacial score (nSPS) is 21.9. The lowest BCUT2D eigenvalue weighted by Crippen LogP contribution is -2.55. The van der Waals surface area contributed by atoms with Crippen molar-refractivity contribution in [2.24, 2.45) is 0 Å². The predicted octanol–water partition coefficient (Wildman–Crippen LogP) is 1.72. The predicted molar refractivity (Wildman–Crippen MR) is 77.3 cm³/mol. The molecule has 1 amide bonds. The van der Waals surface area contributed by atoms with Crippen LogP contribution in [0, 0.1) is 6.92 Å². The molecule has 1 saturated heterocycles. The second kappa shape index (κ2) is 5.77. The van der Waals surface area contributed by atoms with Crippen LogP contribution < -0.4 is 0 Å². The number of morpholine rings is 1. The third kappa shape index (κ3) is 3.27. The van der Waals surface area contributed by atoms with E-state index < -0.39 is 5.60 Å². The van der Waals surface area contributed by atoms with Crippen LogP contribution in [0.4, 0.5) is 0 Å². The summed E-state index contributed by atoms with van der Waals surface area (Å²) in [7, 11) is 0. The fraction of sp³-hybridized carbons (Fsp3) is 0.733. The quantitative estimate of drug-likeness (QED) is 0.919. The zero-order valence-corrected chi connectivity index (χ0v) is 13.3. The van der Waals surface area contributed by atoms with E-state index in [1.807, 2.05) is 27.7 Å². The Morgan fingerprint density at radius 1 is 1.52 bits per heavy atom. The van der Waals surface area contributed by atoms with E-state index in [1.165, 1.54) is 0 Å². The van der Waals surface area contributed by atoms with Gasteiger partial charge in [-0.1, -0.05) is 19.0 Å². The number of ether oxygens (including phenoxy) is 1. The molecule has 1 aromatic heterocycles. The molecular formula is C15H24N2O4. The van der Waals surface area contributed by atoms with Gasteiger partial charge in [0.05, 0.1) is 24.0 Å². The Kier molecular flexibility index (Phi) is 4.39. The molecule has 118 valence electrons. The largest absolute Gasteiger partial charge is 0.394 e. The molecular weight excluding hydrogens is 272 g/mol. The lowest BCUT2D eigenvalue weighted by molar-refractivity contribution is -0.139. The molecule has 1 atom stereocenters. The van der Waals surface area contributed by atoms with Gasteiger partial charge >= 0.3 is 0 Å². The second-order valence-electron chi connectivity index (χ2n) is 6.53. The summed E-state index contributed by atoms with van der Waals surface area (Å²) >= 11 is 0. The molecule has 0 saturated carbocycles. The fourth-order valence-corrected chi connectivity index (χ4v) is 2.75. The average molecular weight is 296 g/mol. The number of aromatic nitrogens is 1. The summed E-state index contributed by atoms with van der Waals surface area (Å²) in [4.78, 5) is 14.6. The Labute approximate surface area is 125 Å². The Hall–Kier alpha value is -1.40. The number of rotatable bonds is 3.